The van der Waals surface area contributed by atoms with Crippen molar-refractivity contribution in [2.24, 2.45) is 5.73 Å². The number of hydrogen-bond donors (Lipinski definition) is 1. The first kappa shape index (κ1) is 15.6. The van der Waals surface area contributed by atoms with E-state index >= 15 is 0 Å². The molecule has 0 radical (unpaired) electrons. The number of nitro groups is 1. The lowest BCUT2D eigenvalue weighted by atomic mass is 9.92. The summed E-state index contributed by atoms with van der Waals surface area (Å²) in [4.78, 5) is 10.4. The molecular weight excluding hydrogens is 272 g/mol. The highest BCUT2D eigenvalue weighted by Gasteiger charge is 2.27. The third-order valence-corrected chi connectivity index (χ3v) is 3.97. The van der Waals surface area contributed by atoms with E-state index in [0.29, 0.717) is 12.4 Å². The first-order valence-corrected chi connectivity index (χ1v) is 7.28. The minimum Gasteiger partial charge on any atom is -0.492 e. The zero-order valence-corrected chi connectivity index (χ0v) is 12.3. The van der Waals surface area contributed by atoms with Gasteiger partial charge in [-0.1, -0.05) is 25.7 Å². The van der Waals surface area contributed by atoms with Crippen molar-refractivity contribution in [2.45, 2.75) is 44.1 Å². The largest absolute Gasteiger partial charge is 0.492 e. The van der Waals surface area contributed by atoms with Crippen LogP contribution in [0.5, 0.6) is 11.5 Å². The molecule has 6 nitrogen and oxygen atoms in total. The van der Waals surface area contributed by atoms with E-state index in [-0.39, 0.29) is 17.0 Å². The van der Waals surface area contributed by atoms with Crippen LogP contribution in [0, 0.1) is 10.1 Å². The van der Waals surface area contributed by atoms with Crippen LogP contribution in [-0.4, -0.2) is 24.2 Å². The van der Waals surface area contributed by atoms with Gasteiger partial charge in [0.2, 0.25) is 5.75 Å². The van der Waals surface area contributed by atoms with Crippen molar-refractivity contribution in [3.8, 4) is 11.5 Å². The maximum atomic E-state index is 10.9. The molecule has 0 unspecified atom stereocenters. The van der Waals surface area contributed by atoms with Crippen molar-refractivity contribution in [1.82, 2.24) is 0 Å². The summed E-state index contributed by atoms with van der Waals surface area (Å²) in [6.07, 6.45) is 6.62. The third kappa shape index (κ3) is 4.07. The zero-order chi connectivity index (χ0) is 15.3. The molecule has 21 heavy (non-hydrogen) atoms. The van der Waals surface area contributed by atoms with E-state index in [4.69, 9.17) is 15.2 Å². The molecule has 0 aromatic heterocycles. The first-order chi connectivity index (χ1) is 10.0. The molecule has 2 N–H and O–H groups in total. The summed E-state index contributed by atoms with van der Waals surface area (Å²) in [6.45, 7) is 0.425. The van der Waals surface area contributed by atoms with E-state index < -0.39 is 4.92 Å². The van der Waals surface area contributed by atoms with Gasteiger partial charge in [0.15, 0.2) is 0 Å². The number of hydrogen-bond acceptors (Lipinski definition) is 5. The average Bonchev–Trinajstić information content (AvgIpc) is 2.70. The second kappa shape index (κ2) is 6.76. The number of nitrogens with two attached hydrogens (primary N) is 1. The molecule has 6 heteroatoms. The Morgan fingerprint density at radius 1 is 1.29 bits per heavy atom. The molecule has 0 aliphatic heterocycles. The molecule has 1 aromatic rings. The summed E-state index contributed by atoms with van der Waals surface area (Å²) in [5.74, 6) is 0.746. The maximum Gasteiger partial charge on any atom is 0.311 e. The van der Waals surface area contributed by atoms with E-state index in [0.717, 1.165) is 25.7 Å². The highest BCUT2D eigenvalue weighted by molar-refractivity contribution is 5.50. The standard InChI is InChI=1S/C15H22N2O4/c1-20-14-10-12(6-7-13(14)17(18)19)21-11-15(16)8-4-2-3-5-9-15/h6-7,10H,2-5,8-9,11,16H2,1H3. The Kier molecular flexibility index (Phi) is 5.01. The van der Waals surface area contributed by atoms with Gasteiger partial charge in [0.1, 0.15) is 12.4 Å². The van der Waals surface area contributed by atoms with Crippen LogP contribution in [0.3, 0.4) is 0 Å². The van der Waals surface area contributed by atoms with Gasteiger partial charge in [-0.2, -0.15) is 0 Å². The van der Waals surface area contributed by atoms with Gasteiger partial charge < -0.3 is 15.2 Å². The molecule has 0 bridgehead atoms. The molecular formula is C15H22N2O4. The van der Waals surface area contributed by atoms with Gasteiger partial charge in [-0.25, -0.2) is 0 Å². The average molecular weight is 294 g/mol. The highest BCUT2D eigenvalue weighted by atomic mass is 16.6. The van der Waals surface area contributed by atoms with E-state index in [9.17, 15) is 10.1 Å². The van der Waals surface area contributed by atoms with Gasteiger partial charge in [0.25, 0.3) is 0 Å². The monoisotopic (exact) mass is 294 g/mol. The molecule has 1 aliphatic carbocycles. The summed E-state index contributed by atoms with van der Waals surface area (Å²) in [7, 11) is 1.40. The lowest BCUT2D eigenvalue weighted by Crippen LogP contribution is -2.45. The molecule has 1 aromatic carbocycles. The fraction of sp³-hybridized carbons (Fsp3) is 0.600. The summed E-state index contributed by atoms with van der Waals surface area (Å²) >= 11 is 0. The lowest BCUT2D eigenvalue weighted by Gasteiger charge is -2.27. The number of nitro benzene ring substituents is 1. The van der Waals surface area contributed by atoms with Crippen LogP contribution in [0.1, 0.15) is 38.5 Å². The van der Waals surface area contributed by atoms with Gasteiger partial charge in [0, 0.05) is 12.1 Å². The quantitative estimate of drug-likeness (QED) is 0.512. The van der Waals surface area contributed by atoms with Crippen molar-refractivity contribution in [2.75, 3.05) is 13.7 Å². The van der Waals surface area contributed by atoms with Gasteiger partial charge in [-0.15, -0.1) is 0 Å². The van der Waals surface area contributed by atoms with Gasteiger partial charge in [-0.3, -0.25) is 10.1 Å². The van der Waals surface area contributed by atoms with Crippen molar-refractivity contribution in [3.05, 3.63) is 28.3 Å². The van der Waals surface area contributed by atoms with Crippen LogP contribution in [0.2, 0.25) is 0 Å². The second-order valence-electron chi connectivity index (χ2n) is 5.66. The summed E-state index contributed by atoms with van der Waals surface area (Å²) in [6, 6.07) is 4.52. The Morgan fingerprint density at radius 3 is 2.52 bits per heavy atom. The Morgan fingerprint density at radius 2 is 1.95 bits per heavy atom. The Labute approximate surface area is 124 Å². The summed E-state index contributed by atoms with van der Waals surface area (Å²) in [5.41, 5.74) is 6.02. The van der Waals surface area contributed by atoms with Gasteiger partial charge >= 0.3 is 5.69 Å². The fourth-order valence-electron chi connectivity index (χ4n) is 2.70. The molecule has 0 saturated heterocycles. The first-order valence-electron chi connectivity index (χ1n) is 7.28. The van der Waals surface area contributed by atoms with Crippen LogP contribution in [-0.2, 0) is 0 Å². The molecule has 0 amide bonds. The van der Waals surface area contributed by atoms with Crippen LogP contribution >= 0.6 is 0 Å². The van der Waals surface area contributed by atoms with Crippen LogP contribution in [0.25, 0.3) is 0 Å². The molecule has 0 atom stereocenters. The zero-order valence-electron chi connectivity index (χ0n) is 12.3. The van der Waals surface area contributed by atoms with E-state index in [2.05, 4.69) is 0 Å². The molecule has 2 rings (SSSR count). The van der Waals surface area contributed by atoms with Crippen molar-refractivity contribution < 1.29 is 14.4 Å². The molecule has 1 fully saturated rings. The third-order valence-electron chi connectivity index (χ3n) is 3.97. The number of ether oxygens (including phenoxy) is 2. The molecule has 0 heterocycles. The van der Waals surface area contributed by atoms with Crippen LogP contribution < -0.4 is 15.2 Å². The topological polar surface area (TPSA) is 87.6 Å². The number of rotatable bonds is 5. The SMILES string of the molecule is COc1cc(OCC2(N)CCCCCC2)ccc1[N+](=O)[O-]. The van der Waals surface area contributed by atoms with Gasteiger partial charge in [0.05, 0.1) is 17.6 Å². The molecule has 0 spiro atoms. The van der Waals surface area contributed by atoms with Crippen LogP contribution in [0.15, 0.2) is 18.2 Å². The van der Waals surface area contributed by atoms with E-state index in [1.807, 2.05) is 0 Å². The van der Waals surface area contributed by atoms with Crippen molar-refractivity contribution >= 4 is 5.69 Å². The van der Waals surface area contributed by atoms with Crippen LogP contribution in [0.4, 0.5) is 5.69 Å². The summed E-state index contributed by atoms with van der Waals surface area (Å²) in [5, 5.41) is 10.9. The molecule has 1 aliphatic rings. The second-order valence-corrected chi connectivity index (χ2v) is 5.66. The normalized spacial score (nSPS) is 17.8. The van der Waals surface area contributed by atoms with Gasteiger partial charge in [-0.05, 0) is 18.9 Å². The van der Waals surface area contributed by atoms with E-state index in [1.165, 1.54) is 32.1 Å². The Balaban J connectivity index is 2.04. The number of benzene rings is 1. The summed E-state index contributed by atoms with van der Waals surface area (Å²) < 4.78 is 10.8. The van der Waals surface area contributed by atoms with E-state index in [1.54, 1.807) is 6.07 Å². The molecule has 116 valence electrons. The number of nitrogens with zero attached hydrogens (tertiary/aromatic N) is 1. The Hall–Kier alpha value is -1.82. The Bertz CT molecular complexity index is 496. The van der Waals surface area contributed by atoms with Crippen molar-refractivity contribution in [1.29, 1.82) is 0 Å². The predicted molar refractivity (Wildman–Crippen MR) is 79.8 cm³/mol. The minimum atomic E-state index is -0.474. The smallest absolute Gasteiger partial charge is 0.311 e. The molecule has 1 saturated carbocycles. The fourth-order valence-corrected chi connectivity index (χ4v) is 2.70. The predicted octanol–water partition coefficient (Wildman–Crippen LogP) is 3.03. The minimum absolute atomic E-state index is 0.0678. The number of methoxy groups -OCH3 is 1. The lowest BCUT2D eigenvalue weighted by molar-refractivity contribution is -0.385. The van der Waals surface area contributed by atoms with Crippen molar-refractivity contribution in [3.63, 3.8) is 0 Å². The maximum absolute atomic E-state index is 10.9. The highest BCUT2D eigenvalue weighted by Crippen LogP contribution is 2.32.